The number of aryl methyl sites for hydroxylation is 1. The van der Waals surface area contributed by atoms with Crippen LogP contribution < -0.4 is 5.32 Å². The van der Waals surface area contributed by atoms with Gasteiger partial charge < -0.3 is 5.32 Å². The first kappa shape index (κ1) is 16.9. The maximum Gasteiger partial charge on any atom is 0.255 e. The topological polar surface area (TPSA) is 29.1 Å². The summed E-state index contributed by atoms with van der Waals surface area (Å²) in [6, 6.07) is 9.70. The second-order valence-corrected chi connectivity index (χ2v) is 8.59. The van der Waals surface area contributed by atoms with Gasteiger partial charge in [-0.15, -0.1) is 0 Å². The van der Waals surface area contributed by atoms with E-state index in [-0.39, 0.29) is 5.91 Å². The number of anilines is 1. The van der Waals surface area contributed by atoms with Gasteiger partial charge in [0.1, 0.15) is 0 Å². The molecule has 20 heavy (non-hydrogen) atoms. The lowest BCUT2D eigenvalue weighted by Crippen LogP contribution is -2.14. The number of hydrogen-bond donors (Lipinski definition) is 1. The van der Waals surface area contributed by atoms with E-state index in [1.54, 1.807) is 0 Å². The Balaban J connectivity index is 2.30. The van der Waals surface area contributed by atoms with Crippen LogP contribution in [0.5, 0.6) is 0 Å². The minimum absolute atomic E-state index is 0.0947. The molecule has 0 aliphatic rings. The van der Waals surface area contributed by atoms with Crippen molar-refractivity contribution in [2.24, 2.45) is 0 Å². The highest BCUT2D eigenvalue weighted by molar-refractivity contribution is 14.1. The highest BCUT2D eigenvalue weighted by Crippen LogP contribution is 2.28. The molecule has 0 atom stereocenters. The zero-order valence-corrected chi connectivity index (χ0v) is 18.4. The molecule has 1 amide bonds. The molecule has 2 nitrogen and oxygen atoms in total. The zero-order chi connectivity index (χ0) is 14.9. The van der Waals surface area contributed by atoms with Crippen LogP contribution in [0.3, 0.4) is 0 Å². The van der Waals surface area contributed by atoms with Crippen molar-refractivity contribution in [1.29, 1.82) is 0 Å². The number of carbonyl (C=O) groups is 1. The number of benzene rings is 2. The highest BCUT2D eigenvalue weighted by Gasteiger charge is 2.12. The predicted molar refractivity (Wildman–Crippen MR) is 111 cm³/mol. The smallest absolute Gasteiger partial charge is 0.255 e. The van der Waals surface area contributed by atoms with Crippen molar-refractivity contribution in [3.8, 4) is 0 Å². The first-order valence-corrected chi connectivity index (χ1v) is 9.63. The van der Waals surface area contributed by atoms with Crippen LogP contribution >= 0.6 is 83.7 Å². The second kappa shape index (κ2) is 7.23. The van der Waals surface area contributed by atoms with Crippen molar-refractivity contribution in [2.45, 2.75) is 6.92 Å². The Morgan fingerprint density at radius 3 is 2.25 bits per heavy atom. The summed E-state index contributed by atoms with van der Waals surface area (Å²) in [6.45, 7) is 2.00. The van der Waals surface area contributed by atoms with E-state index in [2.05, 4.69) is 89.0 Å². The fourth-order valence-electron chi connectivity index (χ4n) is 1.58. The molecule has 0 heterocycles. The lowest BCUT2D eigenvalue weighted by atomic mass is 10.1. The van der Waals surface area contributed by atoms with Crippen molar-refractivity contribution in [3.63, 3.8) is 0 Å². The summed E-state index contributed by atoms with van der Waals surface area (Å²) in [4.78, 5) is 12.3. The van der Waals surface area contributed by atoms with E-state index >= 15 is 0 Å². The van der Waals surface area contributed by atoms with Crippen LogP contribution in [-0.4, -0.2) is 5.91 Å². The van der Waals surface area contributed by atoms with E-state index in [1.807, 2.05) is 37.3 Å². The van der Waals surface area contributed by atoms with Gasteiger partial charge >= 0.3 is 0 Å². The first-order valence-electron chi connectivity index (χ1n) is 5.60. The fraction of sp³-hybridized carbons (Fsp3) is 0.0714. The summed E-state index contributed by atoms with van der Waals surface area (Å²) >= 11 is 10.2. The van der Waals surface area contributed by atoms with Crippen LogP contribution in [0, 0.1) is 17.6 Å². The third kappa shape index (κ3) is 4.07. The lowest BCUT2D eigenvalue weighted by molar-refractivity contribution is 0.102. The van der Waals surface area contributed by atoms with Gasteiger partial charge in [-0.1, -0.05) is 22.0 Å². The van der Waals surface area contributed by atoms with Crippen molar-refractivity contribution in [1.82, 2.24) is 0 Å². The van der Waals surface area contributed by atoms with E-state index in [4.69, 9.17) is 0 Å². The molecule has 6 heteroatoms. The van der Waals surface area contributed by atoms with E-state index in [1.165, 1.54) is 0 Å². The number of rotatable bonds is 2. The number of carbonyl (C=O) groups excluding carboxylic acids is 1. The Hall–Kier alpha value is 0.580. The molecule has 0 radical (unpaired) electrons. The van der Waals surface area contributed by atoms with Crippen molar-refractivity contribution in [2.75, 3.05) is 5.32 Å². The maximum atomic E-state index is 12.3. The molecule has 0 unspecified atom stereocenters. The summed E-state index contributed by atoms with van der Waals surface area (Å²) in [5.74, 6) is -0.0947. The molecule has 0 saturated carbocycles. The molecular weight excluding hydrogens is 659 g/mol. The molecule has 0 bridgehead atoms. The number of hydrogen-bond acceptors (Lipinski definition) is 1. The van der Waals surface area contributed by atoms with Gasteiger partial charge in [0.2, 0.25) is 0 Å². The van der Waals surface area contributed by atoms with Crippen LogP contribution in [0.15, 0.2) is 34.8 Å². The maximum absolute atomic E-state index is 12.3. The Labute approximate surface area is 167 Å². The van der Waals surface area contributed by atoms with Gasteiger partial charge in [-0.25, -0.2) is 0 Å². The summed E-state index contributed by atoms with van der Waals surface area (Å²) < 4.78 is 4.18. The monoisotopic (exact) mass is 667 g/mol. The van der Waals surface area contributed by atoms with Gasteiger partial charge in [-0.2, -0.15) is 0 Å². The summed E-state index contributed by atoms with van der Waals surface area (Å²) in [5.41, 5.74) is 2.63. The minimum Gasteiger partial charge on any atom is -0.320 e. The molecule has 2 rings (SSSR count). The molecule has 0 spiro atoms. The Morgan fingerprint density at radius 1 is 1.10 bits per heavy atom. The molecule has 104 valence electrons. The molecule has 0 saturated heterocycles. The number of amides is 1. The van der Waals surface area contributed by atoms with E-state index in [0.717, 1.165) is 26.4 Å². The van der Waals surface area contributed by atoms with Crippen LogP contribution in [-0.2, 0) is 0 Å². The molecule has 2 aromatic carbocycles. The normalized spacial score (nSPS) is 10.4. The molecule has 0 fully saturated rings. The van der Waals surface area contributed by atoms with Crippen LogP contribution in [0.25, 0.3) is 0 Å². The molecule has 0 aromatic heterocycles. The summed E-state index contributed by atoms with van der Waals surface area (Å²) in [6.07, 6.45) is 0. The summed E-state index contributed by atoms with van der Waals surface area (Å²) in [5, 5.41) is 2.99. The average molecular weight is 668 g/mol. The SMILES string of the molecule is Cc1ccc(C(=O)Nc2c(I)cc(I)cc2I)cc1Br. The predicted octanol–water partition coefficient (Wildman–Crippen LogP) is 5.82. The van der Waals surface area contributed by atoms with Crippen molar-refractivity contribution in [3.05, 3.63) is 56.6 Å². The molecule has 0 aliphatic heterocycles. The third-order valence-electron chi connectivity index (χ3n) is 2.68. The van der Waals surface area contributed by atoms with E-state index in [0.29, 0.717) is 5.56 Å². The van der Waals surface area contributed by atoms with Gasteiger partial charge in [0.25, 0.3) is 5.91 Å². The minimum atomic E-state index is -0.0947. The Kier molecular flexibility index (Phi) is 6.12. The van der Waals surface area contributed by atoms with Gasteiger partial charge in [0.15, 0.2) is 0 Å². The lowest BCUT2D eigenvalue weighted by Gasteiger charge is -2.11. The molecule has 1 N–H and O–H groups in total. The van der Waals surface area contributed by atoms with Crippen molar-refractivity contribution < 1.29 is 4.79 Å². The molecule has 2 aromatic rings. The second-order valence-electron chi connectivity index (χ2n) is 4.16. The Morgan fingerprint density at radius 2 is 1.70 bits per heavy atom. The van der Waals surface area contributed by atoms with Crippen LogP contribution in [0.4, 0.5) is 5.69 Å². The Bertz CT molecular complexity index is 665. The van der Waals surface area contributed by atoms with Crippen LogP contribution in [0.1, 0.15) is 15.9 Å². The van der Waals surface area contributed by atoms with E-state index < -0.39 is 0 Å². The summed E-state index contributed by atoms with van der Waals surface area (Å²) in [7, 11) is 0. The first-order chi connectivity index (χ1) is 9.38. The fourth-order valence-corrected chi connectivity index (χ4v) is 5.81. The number of nitrogens with one attached hydrogen (secondary N) is 1. The number of halogens is 4. The average Bonchev–Trinajstić information content (AvgIpc) is 2.36. The third-order valence-corrected chi connectivity index (χ3v) is 5.86. The van der Waals surface area contributed by atoms with Gasteiger partial charge in [0.05, 0.1) is 5.69 Å². The standard InChI is InChI=1S/C14H9BrI3NO/c1-7-2-3-8(4-10(7)15)14(20)19-13-11(17)5-9(16)6-12(13)18/h2-6H,1H3,(H,19,20). The van der Waals surface area contributed by atoms with Gasteiger partial charge in [-0.3, -0.25) is 4.79 Å². The van der Waals surface area contributed by atoms with E-state index in [9.17, 15) is 4.79 Å². The molecule has 0 aliphatic carbocycles. The van der Waals surface area contributed by atoms with Gasteiger partial charge in [0, 0.05) is 20.7 Å². The zero-order valence-electron chi connectivity index (χ0n) is 10.3. The van der Waals surface area contributed by atoms with Gasteiger partial charge in [-0.05, 0) is 105 Å². The largest absolute Gasteiger partial charge is 0.320 e. The highest BCUT2D eigenvalue weighted by atomic mass is 127. The van der Waals surface area contributed by atoms with Crippen LogP contribution in [0.2, 0.25) is 0 Å². The van der Waals surface area contributed by atoms with Crippen molar-refractivity contribution >= 4 is 95.3 Å². The quantitative estimate of drug-likeness (QED) is 0.402. The molecular formula is C14H9BrI3NO.